The molecule has 0 saturated carbocycles. The van der Waals surface area contributed by atoms with Gasteiger partial charge in [0.25, 0.3) is 11.5 Å². The van der Waals surface area contributed by atoms with E-state index in [2.05, 4.69) is 25.7 Å². The van der Waals surface area contributed by atoms with E-state index in [1.165, 1.54) is 4.57 Å². The Balaban J connectivity index is 1.60. The molecule has 2 N–H and O–H groups in total. The standard InChI is InChI=1S/C20H22N6O2/c1-2-26-19(28)14-8-3-4-10-16(14)22-20(26)24-23-18(27)15-9-7-11-21-17(15)25-12-5-6-13-25/h3-4,7-11H,2,5-6,12-13H2,1H3,(H,22,24)(H,23,27). The molecule has 8 nitrogen and oxygen atoms in total. The van der Waals surface area contributed by atoms with Crippen molar-refractivity contribution in [2.75, 3.05) is 23.4 Å². The molecule has 4 rings (SSSR count). The van der Waals surface area contributed by atoms with Crippen LogP contribution in [0.3, 0.4) is 0 Å². The van der Waals surface area contributed by atoms with Crippen molar-refractivity contribution in [3.8, 4) is 0 Å². The lowest BCUT2D eigenvalue weighted by atomic mass is 10.2. The zero-order valence-electron chi connectivity index (χ0n) is 15.7. The van der Waals surface area contributed by atoms with Gasteiger partial charge in [-0.3, -0.25) is 25.0 Å². The molecule has 1 aliphatic rings. The third-order valence-electron chi connectivity index (χ3n) is 4.90. The van der Waals surface area contributed by atoms with Crippen LogP contribution in [0.15, 0.2) is 47.4 Å². The Labute approximate surface area is 162 Å². The number of nitrogens with one attached hydrogen (secondary N) is 2. The molecule has 0 spiro atoms. The summed E-state index contributed by atoms with van der Waals surface area (Å²) in [5.74, 6) is 0.657. The van der Waals surface area contributed by atoms with Gasteiger partial charge in [-0.15, -0.1) is 0 Å². The number of benzene rings is 1. The van der Waals surface area contributed by atoms with Crippen molar-refractivity contribution < 1.29 is 4.79 Å². The van der Waals surface area contributed by atoms with Gasteiger partial charge < -0.3 is 4.90 Å². The molecule has 0 aliphatic carbocycles. The summed E-state index contributed by atoms with van der Waals surface area (Å²) in [6.45, 7) is 4.08. The summed E-state index contributed by atoms with van der Waals surface area (Å²) in [5.41, 5.74) is 6.40. The molecule has 1 fully saturated rings. The Bertz CT molecular complexity index is 1070. The number of fused-ring (bicyclic) bond motifs is 1. The van der Waals surface area contributed by atoms with Crippen LogP contribution in [0.4, 0.5) is 11.8 Å². The second-order valence-corrected chi connectivity index (χ2v) is 6.65. The molecule has 1 aromatic carbocycles. The molecule has 28 heavy (non-hydrogen) atoms. The highest BCUT2D eigenvalue weighted by atomic mass is 16.2. The molecule has 0 atom stereocenters. The van der Waals surface area contributed by atoms with Crippen LogP contribution in [0.2, 0.25) is 0 Å². The minimum absolute atomic E-state index is 0.149. The van der Waals surface area contributed by atoms with Crippen LogP contribution in [-0.4, -0.2) is 33.5 Å². The Morgan fingerprint density at radius 3 is 2.71 bits per heavy atom. The maximum atomic E-state index is 12.8. The first-order chi connectivity index (χ1) is 13.7. The summed E-state index contributed by atoms with van der Waals surface area (Å²) in [4.78, 5) is 36.5. The fourth-order valence-corrected chi connectivity index (χ4v) is 3.49. The van der Waals surface area contributed by atoms with Gasteiger partial charge >= 0.3 is 0 Å². The van der Waals surface area contributed by atoms with Crippen molar-refractivity contribution in [1.82, 2.24) is 20.0 Å². The van der Waals surface area contributed by atoms with E-state index in [0.29, 0.717) is 34.8 Å². The van der Waals surface area contributed by atoms with Crippen LogP contribution in [0.1, 0.15) is 30.1 Å². The summed E-state index contributed by atoms with van der Waals surface area (Å²) >= 11 is 0. The highest BCUT2D eigenvalue weighted by Gasteiger charge is 2.21. The predicted molar refractivity (Wildman–Crippen MR) is 108 cm³/mol. The summed E-state index contributed by atoms with van der Waals surface area (Å²) in [7, 11) is 0. The number of carbonyl (C=O) groups is 1. The first-order valence-electron chi connectivity index (χ1n) is 9.45. The van der Waals surface area contributed by atoms with Crippen molar-refractivity contribution >= 4 is 28.6 Å². The number of pyridine rings is 1. The second-order valence-electron chi connectivity index (χ2n) is 6.65. The summed E-state index contributed by atoms with van der Waals surface area (Å²) in [6.07, 6.45) is 3.89. The minimum Gasteiger partial charge on any atom is -0.356 e. The first-order valence-corrected chi connectivity index (χ1v) is 9.45. The normalized spacial score (nSPS) is 13.7. The molecule has 1 aliphatic heterocycles. The van der Waals surface area contributed by atoms with Crippen LogP contribution >= 0.6 is 0 Å². The van der Waals surface area contributed by atoms with E-state index in [0.717, 1.165) is 25.9 Å². The summed E-state index contributed by atoms with van der Waals surface area (Å²) in [5, 5.41) is 0.546. The molecule has 144 valence electrons. The Kier molecular flexibility index (Phi) is 4.92. The number of anilines is 2. The van der Waals surface area contributed by atoms with Crippen LogP contribution in [0.5, 0.6) is 0 Å². The number of hydrazine groups is 1. The van der Waals surface area contributed by atoms with Gasteiger partial charge in [0.15, 0.2) is 0 Å². The molecule has 0 bridgehead atoms. The lowest BCUT2D eigenvalue weighted by Gasteiger charge is -2.20. The number of hydrogen-bond donors (Lipinski definition) is 2. The van der Waals surface area contributed by atoms with Gasteiger partial charge in [-0.05, 0) is 44.0 Å². The average Bonchev–Trinajstić information content (AvgIpc) is 3.27. The number of amides is 1. The Morgan fingerprint density at radius 1 is 1.14 bits per heavy atom. The lowest BCUT2D eigenvalue weighted by molar-refractivity contribution is 0.0962. The maximum Gasteiger partial charge on any atom is 0.273 e. The zero-order valence-corrected chi connectivity index (χ0v) is 15.7. The highest BCUT2D eigenvalue weighted by Crippen LogP contribution is 2.21. The van der Waals surface area contributed by atoms with Crippen LogP contribution in [0.25, 0.3) is 10.9 Å². The Hall–Kier alpha value is -3.42. The van der Waals surface area contributed by atoms with Gasteiger partial charge in [0.05, 0.1) is 16.5 Å². The fraction of sp³-hybridized carbons (Fsp3) is 0.300. The first kappa shape index (κ1) is 18.0. The quantitative estimate of drug-likeness (QED) is 0.661. The highest BCUT2D eigenvalue weighted by molar-refractivity contribution is 5.99. The van der Waals surface area contributed by atoms with E-state index in [1.54, 1.807) is 30.5 Å². The van der Waals surface area contributed by atoms with Crippen LogP contribution < -0.4 is 21.3 Å². The number of aromatic nitrogens is 3. The van der Waals surface area contributed by atoms with Crippen molar-refractivity contribution in [1.29, 1.82) is 0 Å². The van der Waals surface area contributed by atoms with Crippen LogP contribution in [0, 0.1) is 0 Å². The van der Waals surface area contributed by atoms with Crippen molar-refractivity contribution in [3.05, 3.63) is 58.5 Å². The van der Waals surface area contributed by atoms with E-state index in [1.807, 2.05) is 19.1 Å². The second kappa shape index (κ2) is 7.67. The monoisotopic (exact) mass is 378 g/mol. The predicted octanol–water partition coefficient (Wildman–Crippen LogP) is 2.17. The summed E-state index contributed by atoms with van der Waals surface area (Å²) < 4.78 is 1.49. The number of carbonyl (C=O) groups excluding carboxylic acids is 1. The molecule has 0 unspecified atom stereocenters. The number of para-hydroxylation sites is 1. The largest absolute Gasteiger partial charge is 0.356 e. The molecule has 1 saturated heterocycles. The van der Waals surface area contributed by atoms with Crippen LogP contribution in [-0.2, 0) is 6.54 Å². The minimum atomic E-state index is -0.319. The van der Waals surface area contributed by atoms with E-state index in [4.69, 9.17) is 0 Å². The summed E-state index contributed by atoms with van der Waals surface area (Å²) in [6, 6.07) is 10.6. The van der Waals surface area contributed by atoms with Crippen molar-refractivity contribution in [2.45, 2.75) is 26.3 Å². The molecule has 3 aromatic rings. The van der Waals surface area contributed by atoms with E-state index in [9.17, 15) is 9.59 Å². The fourth-order valence-electron chi connectivity index (χ4n) is 3.49. The number of hydrogen-bond acceptors (Lipinski definition) is 6. The smallest absolute Gasteiger partial charge is 0.273 e. The molecule has 1 amide bonds. The lowest BCUT2D eigenvalue weighted by Crippen LogP contribution is -2.35. The molecule has 3 heterocycles. The molecular formula is C20H22N6O2. The average molecular weight is 378 g/mol. The van der Waals surface area contributed by atoms with Gasteiger partial charge in [-0.2, -0.15) is 0 Å². The van der Waals surface area contributed by atoms with Gasteiger partial charge in [0.2, 0.25) is 5.95 Å². The SMILES string of the molecule is CCn1c(NNC(=O)c2cccnc2N2CCCC2)nc2ccccc2c1=O. The van der Waals surface area contributed by atoms with Gasteiger partial charge in [-0.25, -0.2) is 9.97 Å². The number of nitrogens with zero attached hydrogens (tertiary/aromatic N) is 4. The maximum absolute atomic E-state index is 12.8. The van der Waals surface area contributed by atoms with E-state index in [-0.39, 0.29) is 11.5 Å². The Morgan fingerprint density at radius 2 is 1.93 bits per heavy atom. The van der Waals surface area contributed by atoms with Gasteiger partial charge in [0, 0.05) is 25.8 Å². The molecular weight excluding hydrogens is 356 g/mol. The van der Waals surface area contributed by atoms with Crippen molar-refractivity contribution in [3.63, 3.8) is 0 Å². The zero-order chi connectivity index (χ0) is 19.5. The van der Waals surface area contributed by atoms with Gasteiger partial charge in [0.1, 0.15) is 5.82 Å². The molecule has 8 heteroatoms. The third-order valence-corrected chi connectivity index (χ3v) is 4.90. The van der Waals surface area contributed by atoms with E-state index < -0.39 is 0 Å². The number of rotatable bonds is 5. The molecule has 2 aromatic heterocycles. The third kappa shape index (κ3) is 3.28. The van der Waals surface area contributed by atoms with Gasteiger partial charge in [-0.1, -0.05) is 12.1 Å². The molecule has 0 radical (unpaired) electrons. The van der Waals surface area contributed by atoms with E-state index >= 15 is 0 Å². The van der Waals surface area contributed by atoms with Crippen molar-refractivity contribution in [2.24, 2.45) is 0 Å². The topological polar surface area (TPSA) is 92.2 Å².